The van der Waals surface area contributed by atoms with Gasteiger partial charge in [-0.3, -0.25) is 0 Å². The smallest absolute Gasteiger partial charge is 0.159 e. The second kappa shape index (κ2) is 7.37. The highest BCUT2D eigenvalue weighted by Gasteiger charge is 2.21. The first-order chi connectivity index (χ1) is 9.70. The van der Waals surface area contributed by atoms with Gasteiger partial charge in [0.05, 0.1) is 0 Å². The largest absolute Gasteiger partial charge is 0.204 e. The number of benzene rings is 1. The Labute approximate surface area is 120 Å². The van der Waals surface area contributed by atoms with Crippen molar-refractivity contribution in [2.24, 2.45) is 5.92 Å². The van der Waals surface area contributed by atoms with E-state index in [1.54, 1.807) is 6.07 Å². The van der Waals surface area contributed by atoms with Gasteiger partial charge in [-0.05, 0) is 61.6 Å². The number of hydrogen-bond acceptors (Lipinski definition) is 0. The van der Waals surface area contributed by atoms with Crippen molar-refractivity contribution in [3.8, 4) is 0 Å². The van der Waals surface area contributed by atoms with E-state index in [1.807, 2.05) is 0 Å². The molecule has 0 heterocycles. The first-order valence-corrected chi connectivity index (χ1v) is 7.49. The Morgan fingerprint density at radius 3 is 2.45 bits per heavy atom. The molecule has 0 radical (unpaired) electrons. The Morgan fingerprint density at radius 1 is 1.05 bits per heavy atom. The van der Waals surface area contributed by atoms with E-state index >= 15 is 0 Å². The maximum absolute atomic E-state index is 13.3. The SMILES string of the molecule is CCC=CC=CC1CCC(c2ccc(F)c(F)c2)CC1. The van der Waals surface area contributed by atoms with Crippen LogP contribution in [0.15, 0.2) is 42.5 Å². The zero-order chi connectivity index (χ0) is 14.4. The molecule has 2 rings (SSSR count). The minimum Gasteiger partial charge on any atom is -0.204 e. The Balaban J connectivity index is 1.89. The molecule has 1 saturated carbocycles. The molecule has 2 heteroatoms. The van der Waals surface area contributed by atoms with Gasteiger partial charge in [-0.25, -0.2) is 8.78 Å². The van der Waals surface area contributed by atoms with Crippen molar-refractivity contribution in [2.45, 2.75) is 44.9 Å². The van der Waals surface area contributed by atoms with Crippen LogP contribution in [0.3, 0.4) is 0 Å². The van der Waals surface area contributed by atoms with Gasteiger partial charge < -0.3 is 0 Å². The van der Waals surface area contributed by atoms with Gasteiger partial charge in [-0.1, -0.05) is 37.3 Å². The van der Waals surface area contributed by atoms with Crippen LogP contribution in [0.2, 0.25) is 0 Å². The lowest BCUT2D eigenvalue weighted by Gasteiger charge is -2.27. The van der Waals surface area contributed by atoms with Crippen molar-refractivity contribution in [1.82, 2.24) is 0 Å². The number of halogens is 2. The zero-order valence-corrected chi connectivity index (χ0v) is 12.0. The Morgan fingerprint density at radius 2 is 1.80 bits per heavy atom. The molecule has 0 unspecified atom stereocenters. The monoisotopic (exact) mass is 276 g/mol. The van der Waals surface area contributed by atoms with Crippen molar-refractivity contribution >= 4 is 0 Å². The van der Waals surface area contributed by atoms with E-state index in [4.69, 9.17) is 0 Å². The lowest BCUT2D eigenvalue weighted by molar-refractivity contribution is 0.374. The van der Waals surface area contributed by atoms with Crippen LogP contribution in [0.5, 0.6) is 0 Å². The van der Waals surface area contributed by atoms with Gasteiger partial charge in [0.15, 0.2) is 11.6 Å². The summed E-state index contributed by atoms with van der Waals surface area (Å²) in [5.74, 6) is -0.485. The molecular weight excluding hydrogens is 254 g/mol. The molecule has 0 aliphatic heterocycles. The summed E-state index contributed by atoms with van der Waals surface area (Å²) in [5, 5.41) is 0. The number of allylic oxidation sites excluding steroid dienone is 4. The minimum atomic E-state index is -0.756. The highest BCUT2D eigenvalue weighted by molar-refractivity contribution is 5.22. The minimum absolute atomic E-state index is 0.376. The maximum atomic E-state index is 13.3. The fourth-order valence-corrected chi connectivity index (χ4v) is 2.85. The van der Waals surface area contributed by atoms with E-state index in [9.17, 15) is 8.78 Å². The van der Waals surface area contributed by atoms with Gasteiger partial charge in [0.1, 0.15) is 0 Å². The maximum Gasteiger partial charge on any atom is 0.159 e. The molecule has 0 saturated heterocycles. The van der Waals surface area contributed by atoms with Crippen molar-refractivity contribution in [2.75, 3.05) is 0 Å². The van der Waals surface area contributed by atoms with Crippen LogP contribution in [0, 0.1) is 17.6 Å². The molecule has 0 amide bonds. The predicted molar refractivity (Wildman–Crippen MR) is 79.6 cm³/mol. The molecule has 0 atom stereocenters. The third-order valence-electron chi connectivity index (χ3n) is 4.05. The Kier molecular flexibility index (Phi) is 5.51. The summed E-state index contributed by atoms with van der Waals surface area (Å²) in [7, 11) is 0. The third-order valence-corrected chi connectivity index (χ3v) is 4.05. The van der Waals surface area contributed by atoms with E-state index in [0.29, 0.717) is 11.8 Å². The quantitative estimate of drug-likeness (QED) is 0.613. The van der Waals surface area contributed by atoms with E-state index in [1.165, 1.54) is 12.1 Å². The van der Waals surface area contributed by atoms with Crippen LogP contribution >= 0.6 is 0 Å². The van der Waals surface area contributed by atoms with Gasteiger partial charge in [0.2, 0.25) is 0 Å². The third kappa shape index (κ3) is 4.03. The lowest BCUT2D eigenvalue weighted by Crippen LogP contribution is -2.12. The van der Waals surface area contributed by atoms with Crippen molar-refractivity contribution in [1.29, 1.82) is 0 Å². The van der Waals surface area contributed by atoms with Crippen LogP contribution in [0.4, 0.5) is 8.78 Å². The molecule has 1 aromatic rings. The molecule has 1 fully saturated rings. The normalized spacial score (nSPS) is 23.8. The first kappa shape index (κ1) is 15.0. The molecule has 1 aliphatic carbocycles. The average molecular weight is 276 g/mol. The van der Waals surface area contributed by atoms with E-state index in [-0.39, 0.29) is 0 Å². The number of rotatable bonds is 4. The fraction of sp³-hybridized carbons (Fsp3) is 0.444. The summed E-state index contributed by atoms with van der Waals surface area (Å²) < 4.78 is 26.2. The summed E-state index contributed by atoms with van der Waals surface area (Å²) in [5.41, 5.74) is 0.942. The Hall–Kier alpha value is -1.44. The zero-order valence-electron chi connectivity index (χ0n) is 12.0. The second-order valence-electron chi connectivity index (χ2n) is 5.51. The van der Waals surface area contributed by atoms with Crippen LogP contribution in [0.25, 0.3) is 0 Å². The summed E-state index contributed by atoms with van der Waals surface area (Å²) in [6.07, 6.45) is 14.1. The summed E-state index contributed by atoms with van der Waals surface area (Å²) in [4.78, 5) is 0. The molecule has 0 spiro atoms. The van der Waals surface area contributed by atoms with Crippen LogP contribution in [-0.4, -0.2) is 0 Å². The molecule has 0 bridgehead atoms. The fourth-order valence-electron chi connectivity index (χ4n) is 2.85. The van der Waals surface area contributed by atoms with Gasteiger partial charge >= 0.3 is 0 Å². The van der Waals surface area contributed by atoms with Gasteiger partial charge in [-0.2, -0.15) is 0 Å². The molecule has 1 aromatic carbocycles. The average Bonchev–Trinajstić information content (AvgIpc) is 2.47. The van der Waals surface area contributed by atoms with Gasteiger partial charge in [0.25, 0.3) is 0 Å². The molecule has 108 valence electrons. The molecule has 0 aromatic heterocycles. The van der Waals surface area contributed by atoms with Crippen LogP contribution in [0.1, 0.15) is 50.5 Å². The van der Waals surface area contributed by atoms with Crippen LogP contribution in [-0.2, 0) is 0 Å². The molecule has 1 aliphatic rings. The van der Waals surface area contributed by atoms with Crippen molar-refractivity contribution in [3.63, 3.8) is 0 Å². The molecular formula is C18H22F2. The highest BCUT2D eigenvalue weighted by Crippen LogP contribution is 2.36. The lowest BCUT2D eigenvalue weighted by atomic mass is 9.78. The van der Waals surface area contributed by atoms with Gasteiger partial charge in [0, 0.05) is 0 Å². The van der Waals surface area contributed by atoms with E-state index in [2.05, 4.69) is 31.2 Å². The Bertz CT molecular complexity index is 480. The highest BCUT2D eigenvalue weighted by atomic mass is 19.2. The first-order valence-electron chi connectivity index (χ1n) is 7.49. The molecule has 0 N–H and O–H groups in total. The van der Waals surface area contributed by atoms with Gasteiger partial charge in [-0.15, -0.1) is 0 Å². The van der Waals surface area contributed by atoms with E-state index < -0.39 is 11.6 Å². The number of hydrogen-bond donors (Lipinski definition) is 0. The van der Waals surface area contributed by atoms with Crippen molar-refractivity contribution < 1.29 is 8.78 Å². The summed E-state index contributed by atoms with van der Waals surface area (Å²) in [6, 6.07) is 4.33. The second-order valence-corrected chi connectivity index (χ2v) is 5.51. The predicted octanol–water partition coefficient (Wildman–Crippen LogP) is 5.76. The standard InChI is InChI=1S/C18H22F2/c1-2-3-4-5-6-14-7-9-15(10-8-14)16-11-12-17(19)18(20)13-16/h3-6,11-15H,2,7-10H2,1H3. The molecule has 0 nitrogen and oxygen atoms in total. The summed E-state index contributed by atoms with van der Waals surface area (Å²) in [6.45, 7) is 2.12. The summed E-state index contributed by atoms with van der Waals surface area (Å²) >= 11 is 0. The molecule has 20 heavy (non-hydrogen) atoms. The van der Waals surface area contributed by atoms with E-state index in [0.717, 1.165) is 37.7 Å². The van der Waals surface area contributed by atoms with Crippen LogP contribution < -0.4 is 0 Å². The topological polar surface area (TPSA) is 0 Å². The van der Waals surface area contributed by atoms with Crippen molar-refractivity contribution in [3.05, 3.63) is 59.7 Å².